The third kappa shape index (κ3) is 4.09. The normalized spacial score (nSPS) is 15.2. The first-order chi connectivity index (χ1) is 14.1. The van der Waals surface area contributed by atoms with Crippen LogP contribution in [0.25, 0.3) is 17.5 Å². The van der Waals surface area contributed by atoms with E-state index in [1.165, 1.54) is 6.08 Å². The Labute approximate surface area is 167 Å². The number of carbonyl (C=O) groups excluding carboxylic acids is 2. The molecule has 0 unspecified atom stereocenters. The molecule has 4 rings (SSSR count). The van der Waals surface area contributed by atoms with Crippen molar-refractivity contribution >= 4 is 18.0 Å². The summed E-state index contributed by atoms with van der Waals surface area (Å²) in [6.45, 7) is 1.91. The molecule has 1 saturated heterocycles. The summed E-state index contributed by atoms with van der Waals surface area (Å²) in [4.78, 5) is 39.1. The Hall–Kier alpha value is -3.71. The molecule has 3 aromatic rings. The van der Waals surface area contributed by atoms with Crippen LogP contribution in [0.4, 0.5) is 0 Å². The van der Waals surface area contributed by atoms with Crippen LogP contribution in [0.2, 0.25) is 0 Å². The van der Waals surface area contributed by atoms with Crippen LogP contribution in [-0.4, -0.2) is 28.7 Å². The van der Waals surface area contributed by atoms with Gasteiger partial charge in [0.1, 0.15) is 11.3 Å². The minimum Gasteiger partial charge on any atom is -0.441 e. The maximum atomic E-state index is 12.4. The van der Waals surface area contributed by atoms with Crippen LogP contribution < -0.4 is 0 Å². The maximum Gasteiger partial charge on any atom is 0.372 e. The van der Waals surface area contributed by atoms with E-state index < -0.39 is 11.9 Å². The van der Waals surface area contributed by atoms with Crippen LogP contribution >= 0.6 is 0 Å². The number of oxazole rings is 1. The Morgan fingerprint density at radius 2 is 1.72 bits per heavy atom. The van der Waals surface area contributed by atoms with Gasteiger partial charge in [-0.05, 0) is 35.9 Å². The van der Waals surface area contributed by atoms with E-state index in [0.717, 1.165) is 11.1 Å². The smallest absolute Gasteiger partial charge is 0.372 e. The summed E-state index contributed by atoms with van der Waals surface area (Å²) >= 11 is 0. The molecule has 0 spiro atoms. The number of aromatic nitrogens is 1. The van der Waals surface area contributed by atoms with Crippen molar-refractivity contribution in [1.82, 2.24) is 10.2 Å². The zero-order valence-corrected chi connectivity index (χ0v) is 15.7. The van der Waals surface area contributed by atoms with Crippen molar-refractivity contribution in [2.45, 2.75) is 13.3 Å². The van der Waals surface area contributed by atoms with Gasteiger partial charge in [0.2, 0.25) is 5.89 Å². The van der Waals surface area contributed by atoms with Crippen molar-refractivity contribution in [3.05, 3.63) is 83.3 Å². The quantitative estimate of drug-likeness (QED) is 0.473. The zero-order chi connectivity index (χ0) is 20.2. The second-order valence-corrected chi connectivity index (χ2v) is 6.38. The van der Waals surface area contributed by atoms with E-state index in [1.54, 1.807) is 12.1 Å². The molecule has 1 fully saturated rings. The Bertz CT molecular complexity index is 1060. The minimum absolute atomic E-state index is 0.0832. The SMILES string of the molecule is Cc1oc(-c2ccccc2)nc1CCON1OC(=O)C(=Cc2ccccc2)C1=O. The van der Waals surface area contributed by atoms with Gasteiger partial charge in [-0.15, -0.1) is 0 Å². The predicted molar refractivity (Wildman–Crippen MR) is 104 cm³/mol. The predicted octanol–water partition coefficient (Wildman–Crippen LogP) is 3.51. The summed E-state index contributed by atoms with van der Waals surface area (Å²) in [5.74, 6) is -0.194. The van der Waals surface area contributed by atoms with Crippen LogP contribution in [0, 0.1) is 6.92 Å². The number of hydrogen-bond acceptors (Lipinski definition) is 6. The van der Waals surface area contributed by atoms with E-state index in [2.05, 4.69) is 4.98 Å². The standard InChI is InChI=1S/C22H18N2O5/c1-15-19(23-20(28-15)17-10-6-3-7-11-17)12-13-27-24-21(25)18(22(26)29-24)14-16-8-4-2-5-9-16/h2-11,14H,12-13H2,1H3. The summed E-state index contributed by atoms with van der Waals surface area (Å²) in [5.41, 5.74) is 2.23. The molecule has 29 heavy (non-hydrogen) atoms. The van der Waals surface area contributed by atoms with E-state index in [4.69, 9.17) is 14.1 Å². The van der Waals surface area contributed by atoms with Crippen molar-refractivity contribution in [3.63, 3.8) is 0 Å². The molecule has 0 atom stereocenters. The van der Waals surface area contributed by atoms with Crippen LogP contribution in [-0.2, 0) is 25.7 Å². The number of carbonyl (C=O) groups is 2. The number of benzene rings is 2. The highest BCUT2D eigenvalue weighted by Crippen LogP contribution is 2.23. The molecule has 7 heteroatoms. The Balaban J connectivity index is 1.38. The highest BCUT2D eigenvalue weighted by Gasteiger charge is 2.37. The highest BCUT2D eigenvalue weighted by atomic mass is 17.0. The van der Waals surface area contributed by atoms with Crippen molar-refractivity contribution in [3.8, 4) is 11.5 Å². The molecule has 0 saturated carbocycles. The average molecular weight is 390 g/mol. The van der Waals surface area contributed by atoms with Crippen LogP contribution in [0.5, 0.6) is 0 Å². The van der Waals surface area contributed by atoms with Gasteiger partial charge in [0.05, 0.1) is 12.3 Å². The first-order valence-corrected chi connectivity index (χ1v) is 9.10. The third-order valence-electron chi connectivity index (χ3n) is 4.35. The van der Waals surface area contributed by atoms with Crippen molar-refractivity contribution < 1.29 is 23.7 Å². The second kappa shape index (κ2) is 8.12. The lowest BCUT2D eigenvalue weighted by atomic mass is 10.1. The number of hydroxylamine groups is 2. The first kappa shape index (κ1) is 18.6. The van der Waals surface area contributed by atoms with Gasteiger partial charge in [-0.25, -0.2) is 14.6 Å². The highest BCUT2D eigenvalue weighted by molar-refractivity contribution is 6.22. The van der Waals surface area contributed by atoms with Gasteiger partial charge in [0, 0.05) is 12.0 Å². The lowest BCUT2D eigenvalue weighted by Crippen LogP contribution is -2.25. The molecule has 7 nitrogen and oxygen atoms in total. The Kier molecular flexibility index (Phi) is 5.22. The van der Waals surface area contributed by atoms with Crippen molar-refractivity contribution in [2.75, 3.05) is 6.61 Å². The first-order valence-electron chi connectivity index (χ1n) is 9.10. The summed E-state index contributed by atoms with van der Waals surface area (Å²) in [6, 6.07) is 18.6. The number of aryl methyl sites for hydroxylation is 1. The monoisotopic (exact) mass is 390 g/mol. The zero-order valence-electron chi connectivity index (χ0n) is 15.7. The van der Waals surface area contributed by atoms with E-state index in [-0.39, 0.29) is 12.2 Å². The lowest BCUT2D eigenvalue weighted by molar-refractivity contribution is -0.307. The Morgan fingerprint density at radius 3 is 2.45 bits per heavy atom. The lowest BCUT2D eigenvalue weighted by Gasteiger charge is -2.10. The molecule has 0 radical (unpaired) electrons. The fourth-order valence-electron chi connectivity index (χ4n) is 2.86. The fraction of sp³-hybridized carbons (Fsp3) is 0.136. The van der Waals surface area contributed by atoms with Crippen molar-refractivity contribution in [1.29, 1.82) is 0 Å². The molecule has 1 aliphatic heterocycles. The van der Waals surface area contributed by atoms with Crippen LogP contribution in [0.3, 0.4) is 0 Å². The minimum atomic E-state index is -0.747. The maximum absolute atomic E-state index is 12.4. The fourth-order valence-corrected chi connectivity index (χ4v) is 2.86. The molecule has 2 aromatic carbocycles. The van der Waals surface area contributed by atoms with E-state index in [1.807, 2.05) is 55.5 Å². The van der Waals surface area contributed by atoms with Gasteiger partial charge in [-0.2, -0.15) is 0 Å². The molecule has 0 N–H and O–H groups in total. The van der Waals surface area contributed by atoms with E-state index >= 15 is 0 Å². The van der Waals surface area contributed by atoms with Gasteiger partial charge in [0.15, 0.2) is 0 Å². The van der Waals surface area contributed by atoms with E-state index in [9.17, 15) is 9.59 Å². The molecule has 146 valence electrons. The topological polar surface area (TPSA) is 81.9 Å². The number of rotatable bonds is 6. The van der Waals surface area contributed by atoms with Gasteiger partial charge in [-0.1, -0.05) is 48.5 Å². The molecular formula is C22H18N2O5. The van der Waals surface area contributed by atoms with Crippen molar-refractivity contribution in [2.24, 2.45) is 0 Å². The molecule has 1 amide bonds. The third-order valence-corrected chi connectivity index (χ3v) is 4.35. The summed E-state index contributed by atoms with van der Waals surface area (Å²) < 4.78 is 5.70. The average Bonchev–Trinajstić information content (AvgIpc) is 3.24. The number of nitrogens with zero attached hydrogens (tertiary/aromatic N) is 2. The Morgan fingerprint density at radius 1 is 1.03 bits per heavy atom. The van der Waals surface area contributed by atoms with Gasteiger partial charge in [-0.3, -0.25) is 4.79 Å². The molecule has 0 aliphatic carbocycles. The van der Waals surface area contributed by atoms with Gasteiger partial charge >= 0.3 is 11.9 Å². The molecule has 1 aromatic heterocycles. The molecule has 0 bridgehead atoms. The van der Waals surface area contributed by atoms with Gasteiger partial charge < -0.3 is 9.25 Å². The largest absolute Gasteiger partial charge is 0.441 e. The van der Waals surface area contributed by atoms with E-state index in [0.29, 0.717) is 29.0 Å². The molecule has 2 heterocycles. The summed E-state index contributed by atoms with van der Waals surface area (Å²) in [5, 5.41) is 0.616. The summed E-state index contributed by atoms with van der Waals surface area (Å²) in [6.07, 6.45) is 1.86. The number of amides is 1. The molecular weight excluding hydrogens is 372 g/mol. The van der Waals surface area contributed by atoms with Crippen LogP contribution in [0.15, 0.2) is 70.7 Å². The summed E-state index contributed by atoms with van der Waals surface area (Å²) in [7, 11) is 0. The molecule has 1 aliphatic rings. The van der Waals surface area contributed by atoms with Gasteiger partial charge in [0.25, 0.3) is 0 Å². The second-order valence-electron chi connectivity index (χ2n) is 6.38. The number of hydrogen-bond donors (Lipinski definition) is 0. The van der Waals surface area contributed by atoms with Crippen LogP contribution in [0.1, 0.15) is 17.0 Å².